The molecule has 0 fully saturated rings. The quantitative estimate of drug-likeness (QED) is 0.844. The molecule has 2 amide bonds. The predicted octanol–water partition coefficient (Wildman–Crippen LogP) is 2.31. The van der Waals surface area contributed by atoms with Gasteiger partial charge in [-0.2, -0.15) is 5.10 Å². The Bertz CT molecular complexity index is 739. The van der Waals surface area contributed by atoms with Gasteiger partial charge < -0.3 is 9.64 Å². The normalized spacial score (nSPS) is 17.9. The zero-order chi connectivity index (χ0) is 17.8. The topological polar surface area (TPSA) is 62.2 Å². The van der Waals surface area contributed by atoms with Crippen LogP contribution in [-0.4, -0.2) is 54.2 Å². The van der Waals surface area contributed by atoms with Crippen LogP contribution in [-0.2, 0) is 9.59 Å². The van der Waals surface area contributed by atoms with Crippen molar-refractivity contribution < 1.29 is 14.3 Å². The lowest BCUT2D eigenvalue weighted by Gasteiger charge is -2.29. The van der Waals surface area contributed by atoms with Gasteiger partial charge in [-0.1, -0.05) is 24.3 Å². The average molecular weight is 341 g/mol. The highest BCUT2D eigenvalue weighted by Gasteiger charge is 2.27. The van der Waals surface area contributed by atoms with Crippen molar-refractivity contribution in [2.45, 2.75) is 26.2 Å². The van der Waals surface area contributed by atoms with Gasteiger partial charge in [0.15, 0.2) is 0 Å². The van der Waals surface area contributed by atoms with Crippen LogP contribution in [0.15, 0.2) is 35.4 Å². The second kappa shape index (κ2) is 7.51. The Balaban J connectivity index is 1.72. The minimum absolute atomic E-state index is 0.0510. The summed E-state index contributed by atoms with van der Waals surface area (Å²) < 4.78 is 5.70. The molecule has 2 aliphatic rings. The third-order valence-corrected chi connectivity index (χ3v) is 4.48. The van der Waals surface area contributed by atoms with E-state index in [1.807, 2.05) is 25.1 Å². The molecule has 0 bridgehead atoms. The number of hydrazone groups is 1. The molecule has 25 heavy (non-hydrogen) atoms. The number of hydrogen-bond acceptors (Lipinski definition) is 4. The molecule has 132 valence electrons. The molecule has 1 aromatic carbocycles. The second-order valence-corrected chi connectivity index (χ2v) is 6.12. The summed E-state index contributed by atoms with van der Waals surface area (Å²) >= 11 is 0. The van der Waals surface area contributed by atoms with Crippen molar-refractivity contribution in [2.24, 2.45) is 5.10 Å². The number of benzene rings is 1. The molecule has 6 heteroatoms. The van der Waals surface area contributed by atoms with Crippen molar-refractivity contribution >= 4 is 23.1 Å². The van der Waals surface area contributed by atoms with Crippen molar-refractivity contribution in [1.29, 1.82) is 0 Å². The predicted molar refractivity (Wildman–Crippen MR) is 96.2 cm³/mol. The van der Waals surface area contributed by atoms with E-state index in [1.54, 1.807) is 11.9 Å². The monoisotopic (exact) mass is 341 g/mol. The Kier molecular flexibility index (Phi) is 5.16. The van der Waals surface area contributed by atoms with Crippen LogP contribution < -0.4 is 4.74 Å². The maximum atomic E-state index is 12.6. The van der Waals surface area contributed by atoms with Crippen LogP contribution in [0, 0.1) is 0 Å². The van der Waals surface area contributed by atoms with E-state index in [1.165, 1.54) is 10.6 Å². The highest BCUT2D eigenvalue weighted by molar-refractivity contribution is 6.39. The molecule has 0 aliphatic carbocycles. The number of ether oxygens (including phenoxy) is 1. The van der Waals surface area contributed by atoms with E-state index in [0.29, 0.717) is 38.2 Å². The first-order valence-electron chi connectivity index (χ1n) is 8.64. The molecule has 0 saturated carbocycles. The highest BCUT2D eigenvalue weighted by atomic mass is 16.5. The minimum atomic E-state index is -0.0762. The van der Waals surface area contributed by atoms with E-state index < -0.39 is 0 Å². The van der Waals surface area contributed by atoms with E-state index in [2.05, 4.69) is 17.2 Å². The van der Waals surface area contributed by atoms with Gasteiger partial charge in [0.05, 0.1) is 6.61 Å². The Hall–Kier alpha value is -2.63. The van der Waals surface area contributed by atoms with Crippen LogP contribution >= 0.6 is 0 Å². The van der Waals surface area contributed by atoms with Crippen molar-refractivity contribution in [2.75, 3.05) is 26.7 Å². The summed E-state index contributed by atoms with van der Waals surface area (Å²) in [5.74, 6) is 0.755. The first-order valence-corrected chi connectivity index (χ1v) is 8.64. The standard InChI is InChI=1S/C19H23N3O3/c1-3-25-17-7-5-4-6-15(17)14-10-12-22(13-11-14)19(24)16-8-9-18(23)21(2)20-16/h4-7,10H,3,8-9,11-13H2,1-2H3. The molecular formula is C19H23N3O3. The second-order valence-electron chi connectivity index (χ2n) is 6.12. The summed E-state index contributed by atoms with van der Waals surface area (Å²) in [6, 6.07) is 7.99. The van der Waals surface area contributed by atoms with Crippen molar-refractivity contribution in [1.82, 2.24) is 9.91 Å². The van der Waals surface area contributed by atoms with Crippen LogP contribution in [0.4, 0.5) is 0 Å². The molecule has 2 aliphatic heterocycles. The van der Waals surface area contributed by atoms with Gasteiger partial charge >= 0.3 is 0 Å². The number of amides is 2. The van der Waals surface area contributed by atoms with Gasteiger partial charge in [0, 0.05) is 38.5 Å². The Morgan fingerprint density at radius 1 is 1.24 bits per heavy atom. The molecule has 3 rings (SSSR count). The lowest BCUT2D eigenvalue weighted by Crippen LogP contribution is -2.42. The van der Waals surface area contributed by atoms with Gasteiger partial charge in [-0.25, -0.2) is 5.01 Å². The van der Waals surface area contributed by atoms with E-state index in [0.717, 1.165) is 17.7 Å². The fraction of sp³-hybridized carbons (Fsp3) is 0.421. The molecule has 0 N–H and O–H groups in total. The van der Waals surface area contributed by atoms with Crippen molar-refractivity contribution in [3.63, 3.8) is 0 Å². The molecule has 2 heterocycles. The molecule has 0 saturated heterocycles. The lowest BCUT2D eigenvalue weighted by atomic mass is 9.98. The lowest BCUT2D eigenvalue weighted by molar-refractivity contribution is -0.130. The summed E-state index contributed by atoms with van der Waals surface area (Å²) in [5.41, 5.74) is 2.76. The number of para-hydroxylation sites is 1. The molecule has 1 aromatic rings. The SMILES string of the molecule is CCOc1ccccc1C1=CCN(C(=O)C2=NN(C)C(=O)CC2)CC1. The van der Waals surface area contributed by atoms with E-state index in [-0.39, 0.29) is 11.8 Å². The molecule has 0 unspecified atom stereocenters. The molecule has 0 spiro atoms. The third-order valence-electron chi connectivity index (χ3n) is 4.48. The Labute approximate surface area is 147 Å². The maximum Gasteiger partial charge on any atom is 0.270 e. The summed E-state index contributed by atoms with van der Waals surface area (Å²) in [6.07, 6.45) is 3.62. The highest BCUT2D eigenvalue weighted by Crippen LogP contribution is 2.30. The summed E-state index contributed by atoms with van der Waals surface area (Å²) in [5, 5.41) is 5.39. The van der Waals surface area contributed by atoms with Crippen LogP contribution in [0.25, 0.3) is 5.57 Å². The van der Waals surface area contributed by atoms with Gasteiger partial charge in [0.2, 0.25) is 5.91 Å². The van der Waals surface area contributed by atoms with Crippen molar-refractivity contribution in [3.05, 3.63) is 35.9 Å². The Morgan fingerprint density at radius 3 is 2.72 bits per heavy atom. The van der Waals surface area contributed by atoms with Crippen molar-refractivity contribution in [3.8, 4) is 5.75 Å². The summed E-state index contributed by atoms with van der Waals surface area (Å²) in [4.78, 5) is 25.9. The first kappa shape index (κ1) is 17.2. The van der Waals surface area contributed by atoms with Gasteiger partial charge in [-0.3, -0.25) is 9.59 Å². The number of rotatable bonds is 4. The zero-order valence-corrected chi connectivity index (χ0v) is 14.7. The number of carbonyl (C=O) groups excluding carboxylic acids is 2. The number of nitrogens with zero attached hydrogens (tertiary/aromatic N) is 3. The van der Waals surface area contributed by atoms with Gasteiger partial charge in [-0.15, -0.1) is 0 Å². The molecule has 0 atom stereocenters. The van der Waals surface area contributed by atoms with Gasteiger partial charge in [0.25, 0.3) is 5.91 Å². The smallest absolute Gasteiger partial charge is 0.270 e. The van der Waals surface area contributed by atoms with Crippen LogP contribution in [0.2, 0.25) is 0 Å². The molecule has 0 aromatic heterocycles. The fourth-order valence-corrected chi connectivity index (χ4v) is 3.12. The largest absolute Gasteiger partial charge is 0.493 e. The van der Waals surface area contributed by atoms with Crippen LogP contribution in [0.3, 0.4) is 0 Å². The third kappa shape index (κ3) is 3.73. The molecule has 0 radical (unpaired) electrons. The number of hydrogen-bond donors (Lipinski definition) is 0. The van der Waals surface area contributed by atoms with E-state index in [9.17, 15) is 9.59 Å². The zero-order valence-electron chi connectivity index (χ0n) is 14.7. The fourth-order valence-electron chi connectivity index (χ4n) is 3.12. The average Bonchev–Trinajstić information content (AvgIpc) is 2.64. The summed E-state index contributed by atoms with van der Waals surface area (Å²) in [6.45, 7) is 3.78. The number of carbonyl (C=O) groups is 2. The maximum absolute atomic E-state index is 12.6. The van der Waals surface area contributed by atoms with Gasteiger partial charge in [-0.05, 0) is 25.0 Å². The van der Waals surface area contributed by atoms with E-state index in [4.69, 9.17) is 4.74 Å². The molecular weight excluding hydrogens is 318 g/mol. The van der Waals surface area contributed by atoms with Crippen LogP contribution in [0.5, 0.6) is 5.75 Å². The minimum Gasteiger partial charge on any atom is -0.493 e. The van der Waals surface area contributed by atoms with E-state index >= 15 is 0 Å². The Morgan fingerprint density at radius 2 is 2.04 bits per heavy atom. The van der Waals surface area contributed by atoms with Crippen LogP contribution in [0.1, 0.15) is 31.7 Å². The first-order chi connectivity index (χ1) is 12.1. The van der Waals surface area contributed by atoms with Gasteiger partial charge in [0.1, 0.15) is 11.5 Å². The molecule has 6 nitrogen and oxygen atoms in total. The summed E-state index contributed by atoms with van der Waals surface area (Å²) in [7, 11) is 1.59.